The van der Waals surface area contributed by atoms with Gasteiger partial charge in [0.15, 0.2) is 0 Å². The first-order valence-corrected chi connectivity index (χ1v) is 5.20. The lowest BCUT2D eigenvalue weighted by atomic mass is 10.1. The van der Waals surface area contributed by atoms with E-state index in [1.807, 2.05) is 18.2 Å². The van der Waals surface area contributed by atoms with Gasteiger partial charge in [-0.3, -0.25) is 0 Å². The van der Waals surface area contributed by atoms with Crippen molar-refractivity contribution in [3.63, 3.8) is 0 Å². The summed E-state index contributed by atoms with van der Waals surface area (Å²) in [5.74, 6) is 0. The van der Waals surface area contributed by atoms with Gasteiger partial charge in [0.1, 0.15) is 5.58 Å². The highest BCUT2D eigenvalue weighted by Crippen LogP contribution is 2.20. The molecule has 0 aliphatic carbocycles. The highest BCUT2D eigenvalue weighted by atomic mass is 16.3. The molecule has 0 aliphatic rings. The maximum Gasteiger partial charge on any atom is 0.134 e. The standard InChI is InChI=1S/C12H16N2O/c1-9(6-13)14-7-10-8-15-12-5-3-2-4-11(10)12/h2-5,8-9,14H,6-7,13H2,1H3/t9-/m1/s1. The maximum absolute atomic E-state index is 5.54. The molecule has 0 saturated carbocycles. The van der Waals surface area contributed by atoms with Crippen LogP contribution in [-0.4, -0.2) is 12.6 Å². The second kappa shape index (κ2) is 4.47. The predicted octanol–water partition coefficient (Wildman–Crippen LogP) is 1.87. The van der Waals surface area contributed by atoms with E-state index in [2.05, 4.69) is 18.3 Å². The van der Waals surface area contributed by atoms with E-state index in [0.717, 1.165) is 12.1 Å². The SMILES string of the molecule is C[C@H](CN)NCc1coc2ccccc12. The third-order valence-corrected chi connectivity index (χ3v) is 2.56. The topological polar surface area (TPSA) is 51.2 Å². The van der Waals surface area contributed by atoms with Crippen LogP contribution >= 0.6 is 0 Å². The molecule has 2 aromatic rings. The number of para-hydroxylation sites is 1. The van der Waals surface area contributed by atoms with Crippen molar-refractivity contribution in [3.05, 3.63) is 36.1 Å². The minimum absolute atomic E-state index is 0.332. The van der Waals surface area contributed by atoms with Crippen molar-refractivity contribution in [2.45, 2.75) is 19.5 Å². The first-order valence-electron chi connectivity index (χ1n) is 5.20. The van der Waals surface area contributed by atoms with E-state index in [-0.39, 0.29) is 0 Å². The quantitative estimate of drug-likeness (QED) is 0.799. The van der Waals surface area contributed by atoms with Gasteiger partial charge in [-0.25, -0.2) is 0 Å². The Labute approximate surface area is 89.3 Å². The second-order valence-electron chi connectivity index (χ2n) is 3.77. The Morgan fingerprint density at radius 2 is 2.20 bits per heavy atom. The molecule has 1 heterocycles. The highest BCUT2D eigenvalue weighted by Gasteiger charge is 2.05. The van der Waals surface area contributed by atoms with Crippen LogP contribution in [0.5, 0.6) is 0 Å². The lowest BCUT2D eigenvalue weighted by molar-refractivity contribution is 0.548. The van der Waals surface area contributed by atoms with Gasteiger partial charge in [0, 0.05) is 30.1 Å². The second-order valence-corrected chi connectivity index (χ2v) is 3.77. The lowest BCUT2D eigenvalue weighted by Gasteiger charge is -2.09. The summed E-state index contributed by atoms with van der Waals surface area (Å²) < 4.78 is 5.44. The Bertz CT molecular complexity index is 436. The monoisotopic (exact) mass is 204 g/mol. The Kier molecular flexibility index (Phi) is 3.04. The molecule has 0 aliphatic heterocycles. The fourth-order valence-corrected chi connectivity index (χ4v) is 1.54. The molecule has 3 heteroatoms. The van der Waals surface area contributed by atoms with Crippen LogP contribution in [0.3, 0.4) is 0 Å². The van der Waals surface area contributed by atoms with Crippen LogP contribution in [0.15, 0.2) is 34.9 Å². The van der Waals surface area contributed by atoms with E-state index in [1.54, 1.807) is 6.26 Å². The third-order valence-electron chi connectivity index (χ3n) is 2.56. The third kappa shape index (κ3) is 2.19. The van der Waals surface area contributed by atoms with Gasteiger partial charge in [-0.05, 0) is 13.0 Å². The van der Waals surface area contributed by atoms with Crippen LogP contribution in [-0.2, 0) is 6.54 Å². The molecule has 3 N–H and O–H groups in total. The molecule has 0 spiro atoms. The zero-order valence-corrected chi connectivity index (χ0v) is 8.86. The highest BCUT2D eigenvalue weighted by molar-refractivity contribution is 5.80. The smallest absolute Gasteiger partial charge is 0.134 e. The number of rotatable bonds is 4. The molecule has 0 bridgehead atoms. The summed E-state index contributed by atoms with van der Waals surface area (Å²) in [6.07, 6.45) is 1.81. The summed E-state index contributed by atoms with van der Waals surface area (Å²) in [5, 5.41) is 4.52. The summed E-state index contributed by atoms with van der Waals surface area (Å²) in [6, 6.07) is 8.38. The average Bonchev–Trinajstić information content (AvgIpc) is 2.69. The molecule has 3 nitrogen and oxygen atoms in total. The van der Waals surface area contributed by atoms with Gasteiger partial charge in [-0.2, -0.15) is 0 Å². The molecule has 1 aromatic heterocycles. The Morgan fingerprint density at radius 3 is 3.00 bits per heavy atom. The molecule has 1 atom stereocenters. The molecular weight excluding hydrogens is 188 g/mol. The molecule has 0 radical (unpaired) electrons. The summed E-state index contributed by atoms with van der Waals surface area (Å²) in [5.41, 5.74) is 7.66. The molecule has 15 heavy (non-hydrogen) atoms. The number of hydrogen-bond acceptors (Lipinski definition) is 3. The summed E-state index contributed by atoms with van der Waals surface area (Å²) in [7, 11) is 0. The van der Waals surface area contributed by atoms with Crippen LogP contribution in [0.25, 0.3) is 11.0 Å². The number of furan rings is 1. The molecule has 0 unspecified atom stereocenters. The van der Waals surface area contributed by atoms with Crippen molar-refractivity contribution in [1.82, 2.24) is 5.32 Å². The molecule has 2 rings (SSSR count). The molecule has 1 aromatic carbocycles. The summed E-state index contributed by atoms with van der Waals surface area (Å²) >= 11 is 0. The van der Waals surface area contributed by atoms with Gasteiger partial charge in [0.25, 0.3) is 0 Å². The first kappa shape index (κ1) is 10.2. The molecule has 0 amide bonds. The number of hydrogen-bond donors (Lipinski definition) is 2. The van der Waals surface area contributed by atoms with Crippen LogP contribution < -0.4 is 11.1 Å². The van der Waals surface area contributed by atoms with Gasteiger partial charge in [-0.15, -0.1) is 0 Å². The predicted molar refractivity (Wildman–Crippen MR) is 61.6 cm³/mol. The number of fused-ring (bicyclic) bond motifs is 1. The van der Waals surface area contributed by atoms with E-state index >= 15 is 0 Å². The van der Waals surface area contributed by atoms with Gasteiger partial charge >= 0.3 is 0 Å². The van der Waals surface area contributed by atoms with Crippen molar-refractivity contribution >= 4 is 11.0 Å². The maximum atomic E-state index is 5.54. The van der Waals surface area contributed by atoms with Crippen LogP contribution in [0.1, 0.15) is 12.5 Å². The minimum Gasteiger partial charge on any atom is -0.464 e. The Morgan fingerprint density at radius 1 is 1.40 bits per heavy atom. The number of nitrogens with two attached hydrogens (primary N) is 1. The lowest BCUT2D eigenvalue weighted by Crippen LogP contribution is -2.32. The van der Waals surface area contributed by atoms with E-state index in [9.17, 15) is 0 Å². The van der Waals surface area contributed by atoms with Crippen molar-refractivity contribution < 1.29 is 4.42 Å². The first-order chi connectivity index (χ1) is 7.31. The minimum atomic E-state index is 0.332. The van der Waals surface area contributed by atoms with Crippen molar-refractivity contribution in [1.29, 1.82) is 0 Å². The molecular formula is C12H16N2O. The zero-order valence-electron chi connectivity index (χ0n) is 8.86. The van der Waals surface area contributed by atoms with Crippen molar-refractivity contribution in [2.75, 3.05) is 6.54 Å². The molecule has 80 valence electrons. The van der Waals surface area contributed by atoms with Gasteiger partial charge in [0.2, 0.25) is 0 Å². The fraction of sp³-hybridized carbons (Fsp3) is 0.333. The summed E-state index contributed by atoms with van der Waals surface area (Å²) in [4.78, 5) is 0. The molecule has 0 saturated heterocycles. The van der Waals surface area contributed by atoms with Gasteiger partial charge in [0.05, 0.1) is 6.26 Å². The van der Waals surface area contributed by atoms with Crippen molar-refractivity contribution in [3.8, 4) is 0 Å². The fourth-order valence-electron chi connectivity index (χ4n) is 1.54. The normalized spacial score (nSPS) is 13.2. The summed E-state index contributed by atoms with van der Waals surface area (Å²) in [6.45, 7) is 3.52. The van der Waals surface area contributed by atoms with E-state index in [4.69, 9.17) is 10.2 Å². The number of nitrogens with one attached hydrogen (secondary N) is 1. The van der Waals surface area contributed by atoms with Crippen LogP contribution in [0, 0.1) is 0 Å². The van der Waals surface area contributed by atoms with E-state index in [1.165, 1.54) is 10.9 Å². The number of benzene rings is 1. The van der Waals surface area contributed by atoms with Crippen LogP contribution in [0.2, 0.25) is 0 Å². The largest absolute Gasteiger partial charge is 0.464 e. The van der Waals surface area contributed by atoms with E-state index < -0.39 is 0 Å². The van der Waals surface area contributed by atoms with Gasteiger partial charge < -0.3 is 15.5 Å². The van der Waals surface area contributed by atoms with Crippen molar-refractivity contribution in [2.24, 2.45) is 5.73 Å². The zero-order chi connectivity index (χ0) is 10.7. The Hall–Kier alpha value is -1.32. The van der Waals surface area contributed by atoms with Gasteiger partial charge in [-0.1, -0.05) is 18.2 Å². The average molecular weight is 204 g/mol. The van der Waals surface area contributed by atoms with Crippen LogP contribution in [0.4, 0.5) is 0 Å². The van der Waals surface area contributed by atoms with E-state index in [0.29, 0.717) is 12.6 Å². The Balaban J connectivity index is 2.14. The molecule has 0 fully saturated rings.